The number of aliphatic hydroxyl groups is 1. The summed E-state index contributed by atoms with van der Waals surface area (Å²) in [6, 6.07) is 0. The van der Waals surface area contributed by atoms with Gasteiger partial charge in [0.05, 0.1) is 6.54 Å². The van der Waals surface area contributed by atoms with E-state index >= 15 is 0 Å². The summed E-state index contributed by atoms with van der Waals surface area (Å²) in [4.78, 5) is 21.8. The molecule has 15 heavy (non-hydrogen) atoms. The minimum atomic E-state index is -1.96. The Labute approximate surface area is 88.2 Å². The van der Waals surface area contributed by atoms with E-state index in [0.717, 1.165) is 6.92 Å². The highest BCUT2D eigenvalue weighted by atomic mass is 16.5. The Hall–Kier alpha value is -1.14. The summed E-state index contributed by atoms with van der Waals surface area (Å²) in [6.45, 7) is 4.45. The van der Waals surface area contributed by atoms with Crippen molar-refractivity contribution in [1.82, 2.24) is 5.32 Å². The lowest BCUT2D eigenvalue weighted by Crippen LogP contribution is -2.48. The molecule has 2 atom stereocenters. The van der Waals surface area contributed by atoms with Crippen molar-refractivity contribution in [1.29, 1.82) is 0 Å². The second-order valence-corrected chi connectivity index (χ2v) is 3.39. The lowest BCUT2D eigenvalue weighted by Gasteiger charge is -2.19. The van der Waals surface area contributed by atoms with Crippen LogP contribution in [0.3, 0.4) is 0 Å². The largest absolute Gasteiger partial charge is 0.479 e. The topological polar surface area (TPSA) is 95.9 Å². The van der Waals surface area contributed by atoms with Crippen molar-refractivity contribution in [3.8, 4) is 0 Å². The van der Waals surface area contributed by atoms with Crippen LogP contribution in [0.2, 0.25) is 0 Å². The summed E-state index contributed by atoms with van der Waals surface area (Å²) in [5.41, 5.74) is -1.96. The van der Waals surface area contributed by atoms with Gasteiger partial charge in [0, 0.05) is 6.61 Å². The van der Waals surface area contributed by atoms with Gasteiger partial charge >= 0.3 is 5.97 Å². The summed E-state index contributed by atoms with van der Waals surface area (Å²) in [5, 5.41) is 20.2. The lowest BCUT2D eigenvalue weighted by molar-refractivity contribution is -0.156. The molecule has 0 aromatic rings. The van der Waals surface area contributed by atoms with Crippen LogP contribution in [0.4, 0.5) is 0 Å². The number of nitrogens with one attached hydrogen (secondary N) is 1. The first-order chi connectivity index (χ1) is 6.81. The molecular formula is C9H17NO5. The molecule has 0 radical (unpaired) electrons. The van der Waals surface area contributed by atoms with E-state index in [2.05, 4.69) is 5.32 Å². The van der Waals surface area contributed by atoms with Gasteiger partial charge in [0.15, 0.2) is 5.60 Å². The smallest absolute Gasteiger partial charge is 0.337 e. The number of hydrogen-bond donors (Lipinski definition) is 3. The van der Waals surface area contributed by atoms with Crippen molar-refractivity contribution in [2.75, 3.05) is 13.2 Å². The number of ether oxygens (including phenoxy) is 1. The van der Waals surface area contributed by atoms with Gasteiger partial charge in [0.1, 0.15) is 6.10 Å². The van der Waals surface area contributed by atoms with E-state index in [-0.39, 0.29) is 6.54 Å². The van der Waals surface area contributed by atoms with Crippen LogP contribution in [0.5, 0.6) is 0 Å². The number of carbonyl (C=O) groups is 2. The first kappa shape index (κ1) is 13.9. The molecule has 2 unspecified atom stereocenters. The summed E-state index contributed by atoms with van der Waals surface area (Å²) < 4.78 is 4.99. The van der Waals surface area contributed by atoms with Crippen LogP contribution in [0, 0.1) is 0 Å². The summed E-state index contributed by atoms with van der Waals surface area (Å²) in [6.07, 6.45) is -0.653. The summed E-state index contributed by atoms with van der Waals surface area (Å²) in [5.74, 6) is -1.83. The van der Waals surface area contributed by atoms with Gasteiger partial charge in [0.2, 0.25) is 5.91 Å². The Balaban J connectivity index is 4.05. The molecule has 3 N–H and O–H groups in total. The van der Waals surface area contributed by atoms with Gasteiger partial charge in [-0.05, 0) is 20.8 Å². The number of carboxylic acid groups (broad SMARTS) is 1. The van der Waals surface area contributed by atoms with Crippen molar-refractivity contribution in [2.45, 2.75) is 32.5 Å². The molecule has 0 bridgehead atoms. The predicted molar refractivity (Wildman–Crippen MR) is 52.4 cm³/mol. The van der Waals surface area contributed by atoms with E-state index in [1.54, 1.807) is 13.8 Å². The highest BCUT2D eigenvalue weighted by Crippen LogP contribution is 2.01. The average molecular weight is 219 g/mol. The van der Waals surface area contributed by atoms with Crippen molar-refractivity contribution in [2.24, 2.45) is 0 Å². The van der Waals surface area contributed by atoms with Crippen LogP contribution < -0.4 is 5.32 Å². The fourth-order valence-corrected chi connectivity index (χ4v) is 0.804. The predicted octanol–water partition coefficient (Wildman–Crippen LogP) is -0.637. The zero-order valence-corrected chi connectivity index (χ0v) is 9.11. The van der Waals surface area contributed by atoms with Gasteiger partial charge in [-0.15, -0.1) is 0 Å². The molecule has 6 heteroatoms. The Bertz CT molecular complexity index is 239. The van der Waals surface area contributed by atoms with E-state index in [0.29, 0.717) is 6.61 Å². The maximum Gasteiger partial charge on any atom is 0.337 e. The second-order valence-electron chi connectivity index (χ2n) is 3.39. The molecule has 0 saturated carbocycles. The van der Waals surface area contributed by atoms with Gasteiger partial charge in [-0.25, -0.2) is 4.79 Å². The van der Waals surface area contributed by atoms with Crippen molar-refractivity contribution in [3.05, 3.63) is 0 Å². The number of amides is 1. The molecule has 0 saturated heterocycles. The Morgan fingerprint density at radius 3 is 2.47 bits per heavy atom. The van der Waals surface area contributed by atoms with Crippen LogP contribution in [0.25, 0.3) is 0 Å². The highest BCUT2D eigenvalue weighted by Gasteiger charge is 2.30. The molecule has 0 aliphatic carbocycles. The van der Waals surface area contributed by atoms with Crippen LogP contribution in [-0.4, -0.2) is 46.9 Å². The molecule has 0 heterocycles. The van der Waals surface area contributed by atoms with E-state index < -0.39 is 23.6 Å². The maximum absolute atomic E-state index is 11.3. The molecule has 0 spiro atoms. The molecule has 0 aliphatic heterocycles. The molecule has 0 aliphatic rings. The van der Waals surface area contributed by atoms with Crippen LogP contribution in [0.1, 0.15) is 20.8 Å². The number of hydrogen-bond acceptors (Lipinski definition) is 4. The highest BCUT2D eigenvalue weighted by molar-refractivity contribution is 5.82. The van der Waals surface area contributed by atoms with Crippen molar-refractivity contribution in [3.63, 3.8) is 0 Å². The van der Waals surface area contributed by atoms with E-state index in [1.165, 1.54) is 0 Å². The lowest BCUT2D eigenvalue weighted by atomic mass is 10.1. The standard InChI is InChI=1S/C9H17NO5/c1-4-15-6(2)7(11)10-5-9(3,14)8(12)13/h6,14H,4-5H2,1-3H3,(H,10,11)(H,12,13). The Morgan fingerprint density at radius 2 is 2.07 bits per heavy atom. The fourth-order valence-electron chi connectivity index (χ4n) is 0.804. The van der Waals surface area contributed by atoms with Crippen molar-refractivity contribution < 1.29 is 24.5 Å². The van der Waals surface area contributed by atoms with Crippen LogP contribution in [0.15, 0.2) is 0 Å². The summed E-state index contributed by atoms with van der Waals surface area (Å²) in [7, 11) is 0. The van der Waals surface area contributed by atoms with E-state index in [1.807, 2.05) is 0 Å². The monoisotopic (exact) mass is 219 g/mol. The molecule has 0 rings (SSSR count). The second kappa shape index (κ2) is 5.67. The normalized spacial score (nSPS) is 16.5. The number of carboxylic acids is 1. The third-order valence-electron chi connectivity index (χ3n) is 1.85. The van der Waals surface area contributed by atoms with Gasteiger partial charge in [-0.1, -0.05) is 0 Å². The van der Waals surface area contributed by atoms with Gasteiger partial charge in [-0.3, -0.25) is 4.79 Å². The Kier molecular flexibility index (Phi) is 5.24. The van der Waals surface area contributed by atoms with Gasteiger partial charge in [0.25, 0.3) is 0 Å². The average Bonchev–Trinajstić information content (AvgIpc) is 2.14. The fraction of sp³-hybridized carbons (Fsp3) is 0.778. The third kappa shape index (κ3) is 4.75. The zero-order valence-electron chi connectivity index (χ0n) is 9.11. The molecule has 0 aromatic heterocycles. The summed E-state index contributed by atoms with van der Waals surface area (Å²) >= 11 is 0. The quantitative estimate of drug-likeness (QED) is 0.552. The molecular weight excluding hydrogens is 202 g/mol. The first-order valence-corrected chi connectivity index (χ1v) is 4.66. The van der Waals surface area contributed by atoms with Crippen LogP contribution in [-0.2, 0) is 14.3 Å². The SMILES string of the molecule is CCOC(C)C(=O)NCC(C)(O)C(=O)O. The van der Waals surface area contributed by atoms with Crippen molar-refractivity contribution >= 4 is 11.9 Å². The molecule has 88 valence electrons. The molecule has 0 aromatic carbocycles. The first-order valence-electron chi connectivity index (χ1n) is 4.66. The van der Waals surface area contributed by atoms with Crippen LogP contribution >= 0.6 is 0 Å². The van der Waals surface area contributed by atoms with Gasteiger partial charge < -0.3 is 20.3 Å². The van der Waals surface area contributed by atoms with Gasteiger partial charge in [-0.2, -0.15) is 0 Å². The third-order valence-corrected chi connectivity index (χ3v) is 1.85. The van der Waals surface area contributed by atoms with E-state index in [9.17, 15) is 14.7 Å². The Morgan fingerprint density at radius 1 is 1.53 bits per heavy atom. The minimum absolute atomic E-state index is 0.349. The number of carbonyl (C=O) groups excluding carboxylic acids is 1. The zero-order chi connectivity index (χ0) is 12.1. The molecule has 0 fully saturated rings. The molecule has 6 nitrogen and oxygen atoms in total. The van der Waals surface area contributed by atoms with E-state index in [4.69, 9.17) is 9.84 Å². The number of aliphatic carboxylic acids is 1. The minimum Gasteiger partial charge on any atom is -0.479 e. The molecule has 1 amide bonds. The number of rotatable bonds is 6. The maximum atomic E-state index is 11.3.